The Balaban J connectivity index is 1.37. The SMILES string of the molecule is O=C(CCc1nc(-c2cccc3ccccc23)no1)NC[C@@H]1CCCO1. The van der Waals surface area contributed by atoms with Crippen molar-refractivity contribution in [2.45, 2.75) is 31.8 Å². The van der Waals surface area contributed by atoms with Crippen LogP contribution in [0.3, 0.4) is 0 Å². The van der Waals surface area contributed by atoms with E-state index in [9.17, 15) is 4.79 Å². The molecule has 0 spiro atoms. The number of aromatic nitrogens is 2. The predicted octanol–water partition coefficient (Wildman–Crippen LogP) is 3.12. The first-order chi connectivity index (χ1) is 12.8. The number of nitrogens with one attached hydrogen (secondary N) is 1. The lowest BCUT2D eigenvalue weighted by Gasteiger charge is -2.09. The zero-order chi connectivity index (χ0) is 17.8. The van der Waals surface area contributed by atoms with Crippen molar-refractivity contribution >= 4 is 16.7 Å². The number of carbonyl (C=O) groups is 1. The smallest absolute Gasteiger partial charge is 0.227 e. The molecule has 0 unspecified atom stereocenters. The zero-order valence-electron chi connectivity index (χ0n) is 14.5. The van der Waals surface area contributed by atoms with E-state index in [2.05, 4.69) is 27.6 Å². The molecule has 0 saturated carbocycles. The van der Waals surface area contributed by atoms with Crippen molar-refractivity contribution in [2.75, 3.05) is 13.2 Å². The number of carbonyl (C=O) groups excluding carboxylic acids is 1. The fourth-order valence-corrected chi connectivity index (χ4v) is 3.23. The largest absolute Gasteiger partial charge is 0.376 e. The van der Waals surface area contributed by atoms with Gasteiger partial charge in [0.05, 0.1) is 6.10 Å². The van der Waals surface area contributed by atoms with E-state index in [0.29, 0.717) is 31.1 Å². The molecule has 2 aromatic carbocycles. The fourth-order valence-electron chi connectivity index (χ4n) is 3.23. The summed E-state index contributed by atoms with van der Waals surface area (Å²) in [6.45, 7) is 1.36. The molecule has 1 amide bonds. The summed E-state index contributed by atoms with van der Waals surface area (Å²) in [4.78, 5) is 16.4. The van der Waals surface area contributed by atoms with Gasteiger partial charge in [0.2, 0.25) is 17.6 Å². The number of rotatable bonds is 6. The van der Waals surface area contributed by atoms with Crippen LogP contribution >= 0.6 is 0 Å². The van der Waals surface area contributed by atoms with Crippen LogP contribution in [0.5, 0.6) is 0 Å². The second-order valence-corrected chi connectivity index (χ2v) is 6.48. The van der Waals surface area contributed by atoms with Crippen LogP contribution in [-0.2, 0) is 16.0 Å². The van der Waals surface area contributed by atoms with E-state index in [1.807, 2.05) is 30.3 Å². The van der Waals surface area contributed by atoms with Gasteiger partial charge >= 0.3 is 0 Å². The van der Waals surface area contributed by atoms with Gasteiger partial charge in [-0.3, -0.25) is 4.79 Å². The average Bonchev–Trinajstić information content (AvgIpc) is 3.36. The summed E-state index contributed by atoms with van der Waals surface area (Å²) in [6, 6.07) is 14.1. The molecular formula is C20H21N3O3. The summed E-state index contributed by atoms with van der Waals surface area (Å²) >= 11 is 0. The van der Waals surface area contributed by atoms with Gasteiger partial charge in [0, 0.05) is 31.6 Å². The molecule has 0 aliphatic carbocycles. The minimum absolute atomic E-state index is 0.0228. The van der Waals surface area contributed by atoms with E-state index in [-0.39, 0.29) is 12.0 Å². The standard InChI is InChI=1S/C20H21N3O3/c24-18(21-13-15-7-4-12-25-15)10-11-19-22-20(23-26-19)17-9-3-6-14-5-1-2-8-16(14)17/h1-3,5-6,8-9,15H,4,7,10-13H2,(H,21,24)/t15-/m0/s1. The van der Waals surface area contributed by atoms with Crippen LogP contribution in [0.2, 0.25) is 0 Å². The van der Waals surface area contributed by atoms with Gasteiger partial charge in [-0.15, -0.1) is 0 Å². The summed E-state index contributed by atoms with van der Waals surface area (Å²) < 4.78 is 10.8. The van der Waals surface area contributed by atoms with E-state index >= 15 is 0 Å². The molecule has 0 radical (unpaired) electrons. The van der Waals surface area contributed by atoms with Crippen molar-refractivity contribution in [1.82, 2.24) is 15.5 Å². The molecule has 1 fully saturated rings. The molecule has 134 valence electrons. The van der Waals surface area contributed by atoms with Gasteiger partial charge in [-0.05, 0) is 23.6 Å². The number of aryl methyl sites for hydroxylation is 1. The molecule has 1 saturated heterocycles. The number of nitrogens with zero attached hydrogens (tertiary/aromatic N) is 2. The number of ether oxygens (including phenoxy) is 1. The third kappa shape index (κ3) is 3.75. The van der Waals surface area contributed by atoms with E-state index in [1.165, 1.54) is 0 Å². The highest BCUT2D eigenvalue weighted by atomic mass is 16.5. The van der Waals surface area contributed by atoms with Gasteiger partial charge in [-0.2, -0.15) is 4.98 Å². The van der Waals surface area contributed by atoms with Crippen LogP contribution in [0.15, 0.2) is 47.0 Å². The lowest BCUT2D eigenvalue weighted by molar-refractivity contribution is -0.121. The topological polar surface area (TPSA) is 77.2 Å². The molecule has 6 heteroatoms. The summed E-state index contributed by atoms with van der Waals surface area (Å²) in [7, 11) is 0. The maximum absolute atomic E-state index is 12.0. The molecule has 1 aliphatic heterocycles. The molecule has 3 aromatic rings. The summed E-state index contributed by atoms with van der Waals surface area (Å²) in [5.74, 6) is 1.00. The van der Waals surface area contributed by atoms with Crippen LogP contribution < -0.4 is 5.32 Å². The molecule has 1 aromatic heterocycles. The van der Waals surface area contributed by atoms with Crippen molar-refractivity contribution in [3.8, 4) is 11.4 Å². The molecule has 4 rings (SSSR count). The summed E-state index contributed by atoms with van der Waals surface area (Å²) in [5.41, 5.74) is 0.931. The number of amides is 1. The number of hydrogen-bond acceptors (Lipinski definition) is 5. The van der Waals surface area contributed by atoms with E-state index in [1.54, 1.807) is 0 Å². The molecule has 1 aliphatic rings. The molecule has 0 bridgehead atoms. The van der Waals surface area contributed by atoms with Gasteiger partial charge in [0.15, 0.2) is 0 Å². The Hall–Kier alpha value is -2.73. The Morgan fingerprint density at radius 3 is 2.96 bits per heavy atom. The highest BCUT2D eigenvalue weighted by Crippen LogP contribution is 2.26. The van der Waals surface area contributed by atoms with Crippen LogP contribution in [0.1, 0.15) is 25.2 Å². The van der Waals surface area contributed by atoms with E-state index in [4.69, 9.17) is 9.26 Å². The Morgan fingerprint density at radius 2 is 2.08 bits per heavy atom. The molecule has 1 atom stereocenters. The lowest BCUT2D eigenvalue weighted by atomic mass is 10.0. The highest BCUT2D eigenvalue weighted by Gasteiger charge is 2.17. The summed E-state index contributed by atoms with van der Waals surface area (Å²) in [5, 5.41) is 9.20. The Morgan fingerprint density at radius 1 is 1.19 bits per heavy atom. The predicted molar refractivity (Wildman–Crippen MR) is 97.5 cm³/mol. The van der Waals surface area contributed by atoms with Gasteiger partial charge in [0.1, 0.15) is 0 Å². The number of fused-ring (bicyclic) bond motifs is 1. The van der Waals surface area contributed by atoms with Crippen LogP contribution in [0.4, 0.5) is 0 Å². The quantitative estimate of drug-likeness (QED) is 0.738. The van der Waals surface area contributed by atoms with Crippen molar-refractivity contribution in [2.24, 2.45) is 0 Å². The van der Waals surface area contributed by atoms with Crippen molar-refractivity contribution in [3.05, 3.63) is 48.4 Å². The normalized spacial score (nSPS) is 16.8. The lowest BCUT2D eigenvalue weighted by Crippen LogP contribution is -2.31. The molecule has 2 heterocycles. The summed E-state index contributed by atoms with van der Waals surface area (Å²) in [6.07, 6.45) is 2.98. The van der Waals surface area contributed by atoms with Crippen LogP contribution in [-0.4, -0.2) is 35.3 Å². The van der Waals surface area contributed by atoms with Gasteiger partial charge in [-0.25, -0.2) is 0 Å². The Bertz CT molecular complexity index is 895. The molecule has 26 heavy (non-hydrogen) atoms. The van der Waals surface area contributed by atoms with Gasteiger partial charge < -0.3 is 14.6 Å². The second-order valence-electron chi connectivity index (χ2n) is 6.48. The minimum Gasteiger partial charge on any atom is -0.376 e. The Kier molecular flexibility index (Phi) is 4.93. The first kappa shape index (κ1) is 16.7. The third-order valence-corrected chi connectivity index (χ3v) is 4.62. The number of hydrogen-bond donors (Lipinski definition) is 1. The average molecular weight is 351 g/mol. The van der Waals surface area contributed by atoms with Crippen molar-refractivity contribution < 1.29 is 14.1 Å². The van der Waals surface area contributed by atoms with Crippen molar-refractivity contribution in [3.63, 3.8) is 0 Å². The fraction of sp³-hybridized carbons (Fsp3) is 0.350. The zero-order valence-corrected chi connectivity index (χ0v) is 14.5. The molecule has 1 N–H and O–H groups in total. The minimum atomic E-state index is -0.0228. The van der Waals surface area contributed by atoms with Crippen molar-refractivity contribution in [1.29, 1.82) is 0 Å². The van der Waals surface area contributed by atoms with Gasteiger partial charge in [-0.1, -0.05) is 47.6 Å². The monoisotopic (exact) mass is 351 g/mol. The number of benzene rings is 2. The third-order valence-electron chi connectivity index (χ3n) is 4.62. The second kappa shape index (κ2) is 7.66. The van der Waals surface area contributed by atoms with Gasteiger partial charge in [0.25, 0.3) is 0 Å². The van der Waals surface area contributed by atoms with E-state index in [0.717, 1.165) is 35.8 Å². The molecular weight excluding hydrogens is 330 g/mol. The maximum atomic E-state index is 12.0. The van der Waals surface area contributed by atoms with Crippen LogP contribution in [0, 0.1) is 0 Å². The first-order valence-corrected chi connectivity index (χ1v) is 8.98. The first-order valence-electron chi connectivity index (χ1n) is 8.98. The van der Waals surface area contributed by atoms with E-state index < -0.39 is 0 Å². The maximum Gasteiger partial charge on any atom is 0.227 e. The Labute approximate surface area is 151 Å². The highest BCUT2D eigenvalue weighted by molar-refractivity contribution is 5.94. The van der Waals surface area contributed by atoms with Crippen LogP contribution in [0.25, 0.3) is 22.2 Å². The molecule has 6 nitrogen and oxygen atoms in total.